The van der Waals surface area contributed by atoms with E-state index in [1.165, 1.54) is 10.5 Å². The molecule has 12 heavy (non-hydrogen) atoms. The van der Waals surface area contributed by atoms with Gasteiger partial charge in [0, 0.05) is 17.4 Å². The van der Waals surface area contributed by atoms with E-state index in [1.54, 1.807) is 11.8 Å². The number of aliphatic hydroxyl groups excluding tert-OH is 1. The first kappa shape index (κ1) is 9.62. The van der Waals surface area contributed by atoms with Gasteiger partial charge in [-0.1, -0.05) is 19.1 Å². The summed E-state index contributed by atoms with van der Waals surface area (Å²) < 4.78 is 0. The summed E-state index contributed by atoms with van der Waals surface area (Å²) in [7, 11) is 0. The van der Waals surface area contributed by atoms with Gasteiger partial charge in [0.25, 0.3) is 0 Å². The minimum absolute atomic E-state index is 0.221. The average Bonchev–Trinajstić information content (AvgIpc) is 2.17. The normalized spacial score (nSPS) is 12.9. The lowest BCUT2D eigenvalue weighted by Gasteiger charge is -2.07. The molecule has 1 nitrogen and oxygen atoms in total. The first-order chi connectivity index (χ1) is 5.77. The van der Waals surface area contributed by atoms with Crippen LogP contribution in [0.15, 0.2) is 29.2 Å². The molecule has 0 saturated carbocycles. The van der Waals surface area contributed by atoms with Gasteiger partial charge in [-0.05, 0) is 24.0 Å². The predicted molar refractivity (Wildman–Crippen MR) is 53.7 cm³/mol. The molecule has 0 aliphatic carbocycles. The summed E-state index contributed by atoms with van der Waals surface area (Å²) in [5.74, 6) is 0.251. The van der Waals surface area contributed by atoms with Crippen LogP contribution in [0.4, 0.5) is 0 Å². The Labute approximate surface area is 77.8 Å². The summed E-state index contributed by atoms with van der Waals surface area (Å²) in [5.41, 5.74) is 1.20. The van der Waals surface area contributed by atoms with E-state index in [9.17, 15) is 0 Å². The van der Waals surface area contributed by atoms with Crippen LogP contribution in [0.25, 0.3) is 0 Å². The fourth-order valence-electron chi connectivity index (χ4n) is 1.04. The van der Waals surface area contributed by atoms with Crippen LogP contribution in [0.5, 0.6) is 0 Å². The smallest absolute Gasteiger partial charge is 0.0497 e. The van der Waals surface area contributed by atoms with Gasteiger partial charge in [0.1, 0.15) is 0 Å². The van der Waals surface area contributed by atoms with E-state index in [4.69, 9.17) is 5.11 Å². The van der Waals surface area contributed by atoms with Gasteiger partial charge < -0.3 is 5.11 Å². The van der Waals surface area contributed by atoms with E-state index in [0.29, 0.717) is 0 Å². The van der Waals surface area contributed by atoms with Crippen LogP contribution in [0.1, 0.15) is 18.4 Å². The third-order valence-corrected chi connectivity index (χ3v) is 2.70. The van der Waals surface area contributed by atoms with E-state index in [2.05, 4.69) is 30.5 Å². The van der Waals surface area contributed by atoms with E-state index < -0.39 is 0 Å². The van der Waals surface area contributed by atoms with Gasteiger partial charge in [-0.15, -0.1) is 11.8 Å². The molecule has 0 heterocycles. The molecule has 1 atom stereocenters. The van der Waals surface area contributed by atoms with Crippen molar-refractivity contribution >= 4 is 11.8 Å². The number of aliphatic hydroxyl groups is 1. The standard InChI is InChI=1S/C10H14OS/c1-8(7-11)9-3-5-10(12-2)6-4-9/h3-6,8,11H,7H2,1-2H3. The van der Waals surface area contributed by atoms with Gasteiger partial charge >= 0.3 is 0 Å². The Bertz CT molecular complexity index is 230. The molecule has 1 aromatic carbocycles. The molecule has 0 amide bonds. The number of hydrogen-bond donors (Lipinski definition) is 1. The molecule has 66 valence electrons. The molecule has 0 spiro atoms. The van der Waals surface area contributed by atoms with Crippen molar-refractivity contribution in [3.8, 4) is 0 Å². The highest BCUT2D eigenvalue weighted by atomic mass is 32.2. The topological polar surface area (TPSA) is 20.2 Å². The van der Waals surface area contributed by atoms with Crippen LogP contribution in [0, 0.1) is 0 Å². The van der Waals surface area contributed by atoms with Gasteiger partial charge in [0.05, 0.1) is 0 Å². The molecule has 1 unspecified atom stereocenters. The lowest BCUT2D eigenvalue weighted by molar-refractivity contribution is 0.273. The number of hydrogen-bond acceptors (Lipinski definition) is 2. The highest BCUT2D eigenvalue weighted by Gasteiger charge is 2.02. The molecule has 1 N–H and O–H groups in total. The Morgan fingerprint density at radius 3 is 2.33 bits per heavy atom. The lowest BCUT2D eigenvalue weighted by Crippen LogP contribution is -1.97. The second-order valence-electron chi connectivity index (χ2n) is 2.86. The number of rotatable bonds is 3. The minimum Gasteiger partial charge on any atom is -0.396 e. The van der Waals surface area contributed by atoms with E-state index in [0.717, 1.165) is 0 Å². The zero-order chi connectivity index (χ0) is 8.97. The maximum absolute atomic E-state index is 8.91. The Hall–Kier alpha value is -0.470. The summed E-state index contributed by atoms with van der Waals surface area (Å²) in [6.45, 7) is 2.24. The quantitative estimate of drug-likeness (QED) is 0.725. The summed E-state index contributed by atoms with van der Waals surface area (Å²) in [6, 6.07) is 8.33. The van der Waals surface area contributed by atoms with Gasteiger partial charge in [-0.2, -0.15) is 0 Å². The van der Waals surface area contributed by atoms with Gasteiger partial charge in [-0.3, -0.25) is 0 Å². The summed E-state index contributed by atoms with van der Waals surface area (Å²) >= 11 is 1.73. The first-order valence-corrected chi connectivity index (χ1v) is 5.25. The molecule has 0 radical (unpaired) electrons. The molecule has 2 heteroatoms. The summed E-state index contributed by atoms with van der Waals surface area (Å²) in [4.78, 5) is 1.27. The van der Waals surface area contributed by atoms with Crippen molar-refractivity contribution in [2.24, 2.45) is 0 Å². The Morgan fingerprint density at radius 2 is 1.92 bits per heavy atom. The van der Waals surface area contributed by atoms with Crippen molar-refractivity contribution in [3.63, 3.8) is 0 Å². The van der Waals surface area contributed by atoms with Crippen molar-refractivity contribution in [2.45, 2.75) is 17.7 Å². The van der Waals surface area contributed by atoms with E-state index in [1.807, 2.05) is 6.92 Å². The van der Waals surface area contributed by atoms with Crippen molar-refractivity contribution < 1.29 is 5.11 Å². The van der Waals surface area contributed by atoms with Crippen LogP contribution >= 0.6 is 11.8 Å². The van der Waals surface area contributed by atoms with E-state index in [-0.39, 0.29) is 12.5 Å². The second kappa shape index (κ2) is 4.53. The molecule has 0 fully saturated rings. The zero-order valence-electron chi connectivity index (χ0n) is 7.45. The Morgan fingerprint density at radius 1 is 1.33 bits per heavy atom. The summed E-state index contributed by atoms with van der Waals surface area (Å²) in [5, 5.41) is 8.91. The fraction of sp³-hybridized carbons (Fsp3) is 0.400. The van der Waals surface area contributed by atoms with Gasteiger partial charge in [0.2, 0.25) is 0 Å². The predicted octanol–water partition coefficient (Wildman–Crippen LogP) is 2.50. The van der Waals surface area contributed by atoms with Crippen molar-refractivity contribution in [1.29, 1.82) is 0 Å². The molecule has 0 bridgehead atoms. The summed E-state index contributed by atoms with van der Waals surface area (Å²) in [6.07, 6.45) is 2.06. The molecule has 0 aliphatic rings. The minimum atomic E-state index is 0.221. The molecular formula is C10H14OS. The lowest BCUT2D eigenvalue weighted by atomic mass is 10.0. The monoisotopic (exact) mass is 182 g/mol. The molecule has 1 aromatic rings. The highest BCUT2D eigenvalue weighted by Crippen LogP contribution is 2.19. The SMILES string of the molecule is CSc1ccc(C(C)CO)cc1. The number of benzene rings is 1. The van der Waals surface area contributed by atoms with Crippen LogP contribution < -0.4 is 0 Å². The molecule has 0 saturated heterocycles. The maximum atomic E-state index is 8.91. The van der Waals surface area contributed by atoms with Gasteiger partial charge in [-0.25, -0.2) is 0 Å². The van der Waals surface area contributed by atoms with Crippen molar-refractivity contribution in [3.05, 3.63) is 29.8 Å². The Kier molecular flexibility index (Phi) is 3.63. The van der Waals surface area contributed by atoms with Crippen LogP contribution in [0.3, 0.4) is 0 Å². The maximum Gasteiger partial charge on any atom is 0.0497 e. The molecular weight excluding hydrogens is 168 g/mol. The molecule has 0 aromatic heterocycles. The fourth-order valence-corrected chi connectivity index (χ4v) is 1.45. The zero-order valence-corrected chi connectivity index (χ0v) is 8.27. The third-order valence-electron chi connectivity index (χ3n) is 1.96. The number of thioether (sulfide) groups is 1. The van der Waals surface area contributed by atoms with Crippen LogP contribution in [0.2, 0.25) is 0 Å². The van der Waals surface area contributed by atoms with Crippen molar-refractivity contribution in [1.82, 2.24) is 0 Å². The molecule has 0 aliphatic heterocycles. The Balaban J connectivity index is 2.77. The highest BCUT2D eigenvalue weighted by molar-refractivity contribution is 7.98. The average molecular weight is 182 g/mol. The van der Waals surface area contributed by atoms with Crippen molar-refractivity contribution in [2.75, 3.05) is 12.9 Å². The largest absolute Gasteiger partial charge is 0.396 e. The van der Waals surface area contributed by atoms with Gasteiger partial charge in [0.15, 0.2) is 0 Å². The van der Waals surface area contributed by atoms with Crippen LogP contribution in [-0.4, -0.2) is 18.0 Å². The first-order valence-electron chi connectivity index (χ1n) is 4.02. The molecule has 1 rings (SSSR count). The third kappa shape index (κ3) is 2.26. The second-order valence-corrected chi connectivity index (χ2v) is 3.74. The van der Waals surface area contributed by atoms with E-state index >= 15 is 0 Å². The van der Waals surface area contributed by atoms with Crippen LogP contribution in [-0.2, 0) is 0 Å².